The molecule has 0 aliphatic carbocycles. The first-order chi connectivity index (χ1) is 16.4. The molecule has 11 heteroatoms. The second-order valence-electron chi connectivity index (χ2n) is 7.10. The monoisotopic (exact) mass is 492 g/mol. The van der Waals surface area contributed by atoms with E-state index >= 15 is 0 Å². The Hall–Kier alpha value is -4.09. The minimum atomic E-state index is -0.673. The van der Waals surface area contributed by atoms with Crippen LogP contribution in [0.1, 0.15) is 5.56 Å². The molecule has 34 heavy (non-hydrogen) atoms. The zero-order valence-electron chi connectivity index (χ0n) is 18.0. The molecule has 0 bridgehead atoms. The quantitative estimate of drug-likeness (QED) is 0.287. The van der Waals surface area contributed by atoms with Gasteiger partial charge in [-0.05, 0) is 17.7 Å². The van der Waals surface area contributed by atoms with Crippen molar-refractivity contribution in [3.8, 4) is 21.1 Å². The second kappa shape index (κ2) is 10.2. The molecule has 9 nitrogen and oxygen atoms in total. The lowest BCUT2D eigenvalue weighted by molar-refractivity contribution is -0.134. The largest absolute Gasteiger partial charge is 0.382 e. The maximum atomic E-state index is 12.4. The molecular formula is C23H20N6O3S2. The number of benzene rings is 2. The Morgan fingerprint density at radius 1 is 1.00 bits per heavy atom. The van der Waals surface area contributed by atoms with Crippen LogP contribution in [0, 0.1) is 0 Å². The van der Waals surface area contributed by atoms with Crippen molar-refractivity contribution in [3.05, 3.63) is 65.5 Å². The van der Waals surface area contributed by atoms with E-state index in [1.165, 1.54) is 29.7 Å². The number of aromatic nitrogens is 2. The van der Waals surface area contributed by atoms with Crippen molar-refractivity contribution in [2.75, 3.05) is 23.4 Å². The first-order valence-electron chi connectivity index (χ1n) is 10.1. The SMILES string of the molecule is CNC(=O)Nc1nc(N)c(-c2nc(-c3cccc(NC(=O)C(=O)Cc4ccccc4)c3)cs2)s1. The molecule has 2 heterocycles. The number of thiazole rings is 2. The summed E-state index contributed by atoms with van der Waals surface area (Å²) in [7, 11) is 1.51. The standard InChI is InChI=1S/C23H20N6O3S2/c1-25-22(32)29-23-28-19(24)18(34-23)21-27-16(12-33-21)14-8-5-9-15(11-14)26-20(31)17(30)10-13-6-3-2-4-7-13/h2-9,11-12H,10,24H2,1H3,(H,26,31)(H2,25,28,29,32). The molecule has 3 amide bonds. The summed E-state index contributed by atoms with van der Waals surface area (Å²) in [5.74, 6) is -0.918. The van der Waals surface area contributed by atoms with Crippen LogP contribution in [0.25, 0.3) is 21.1 Å². The van der Waals surface area contributed by atoms with Crippen LogP contribution >= 0.6 is 22.7 Å². The van der Waals surface area contributed by atoms with E-state index in [4.69, 9.17) is 5.73 Å². The number of hydrogen-bond donors (Lipinski definition) is 4. The number of urea groups is 1. The number of anilines is 3. The van der Waals surface area contributed by atoms with Crippen molar-refractivity contribution in [1.29, 1.82) is 0 Å². The third kappa shape index (κ3) is 5.45. The van der Waals surface area contributed by atoms with Gasteiger partial charge in [0.1, 0.15) is 15.7 Å². The summed E-state index contributed by atoms with van der Waals surface area (Å²) in [4.78, 5) is 45.6. The summed E-state index contributed by atoms with van der Waals surface area (Å²) < 4.78 is 0. The smallest absolute Gasteiger partial charge is 0.320 e. The topological polar surface area (TPSA) is 139 Å². The summed E-state index contributed by atoms with van der Waals surface area (Å²) in [6.07, 6.45) is 0.0366. The molecule has 4 rings (SSSR count). The Labute approximate surface area is 203 Å². The van der Waals surface area contributed by atoms with E-state index in [1.807, 2.05) is 29.6 Å². The molecule has 5 N–H and O–H groups in total. The molecular weight excluding hydrogens is 472 g/mol. The van der Waals surface area contributed by atoms with E-state index in [1.54, 1.807) is 30.3 Å². The van der Waals surface area contributed by atoms with Crippen molar-refractivity contribution in [1.82, 2.24) is 15.3 Å². The molecule has 0 saturated carbocycles. The fraction of sp³-hybridized carbons (Fsp3) is 0.0870. The van der Waals surface area contributed by atoms with Gasteiger partial charge in [-0.25, -0.2) is 14.8 Å². The van der Waals surface area contributed by atoms with Gasteiger partial charge in [-0.3, -0.25) is 14.9 Å². The van der Waals surface area contributed by atoms with Gasteiger partial charge in [-0.15, -0.1) is 11.3 Å². The molecule has 0 aliphatic rings. The molecule has 172 valence electrons. The van der Waals surface area contributed by atoms with Gasteiger partial charge in [0.05, 0.1) is 5.69 Å². The van der Waals surface area contributed by atoms with Gasteiger partial charge in [-0.1, -0.05) is 53.8 Å². The average molecular weight is 493 g/mol. The minimum absolute atomic E-state index is 0.0366. The molecule has 0 aliphatic heterocycles. The number of hydrogen-bond acceptors (Lipinski definition) is 8. The lowest BCUT2D eigenvalue weighted by atomic mass is 10.1. The summed E-state index contributed by atoms with van der Waals surface area (Å²) in [5, 5.41) is 10.6. The molecule has 2 aromatic heterocycles. The number of nitrogen functional groups attached to an aromatic ring is 1. The van der Waals surface area contributed by atoms with Crippen LogP contribution in [-0.4, -0.2) is 34.7 Å². The summed E-state index contributed by atoms with van der Waals surface area (Å²) in [6, 6.07) is 15.8. The second-order valence-corrected chi connectivity index (χ2v) is 8.95. The maximum Gasteiger partial charge on any atom is 0.320 e. The zero-order valence-corrected chi connectivity index (χ0v) is 19.6. The molecule has 2 aromatic carbocycles. The molecule has 0 spiro atoms. The van der Waals surface area contributed by atoms with Crippen LogP contribution in [0.4, 0.5) is 21.4 Å². The molecule has 0 radical (unpaired) electrons. The molecule has 0 fully saturated rings. The Morgan fingerprint density at radius 3 is 2.56 bits per heavy atom. The van der Waals surface area contributed by atoms with Crippen LogP contribution in [0.3, 0.4) is 0 Å². The van der Waals surface area contributed by atoms with Crippen LogP contribution in [0.2, 0.25) is 0 Å². The predicted octanol–water partition coefficient (Wildman–Crippen LogP) is 4.02. The normalized spacial score (nSPS) is 10.5. The van der Waals surface area contributed by atoms with Crippen LogP contribution in [0.15, 0.2) is 60.0 Å². The number of nitrogens with zero attached hydrogens (tertiary/aromatic N) is 2. The van der Waals surface area contributed by atoms with E-state index in [-0.39, 0.29) is 18.3 Å². The highest BCUT2D eigenvalue weighted by Crippen LogP contribution is 2.38. The Kier molecular flexibility index (Phi) is 6.95. The Morgan fingerprint density at radius 2 is 1.79 bits per heavy atom. The third-order valence-electron chi connectivity index (χ3n) is 4.68. The van der Waals surface area contributed by atoms with E-state index in [0.29, 0.717) is 26.4 Å². The van der Waals surface area contributed by atoms with Gasteiger partial charge in [0.2, 0.25) is 5.78 Å². The van der Waals surface area contributed by atoms with Crippen molar-refractivity contribution in [2.45, 2.75) is 6.42 Å². The predicted molar refractivity (Wildman–Crippen MR) is 135 cm³/mol. The number of nitrogens with two attached hydrogens (primary N) is 1. The van der Waals surface area contributed by atoms with Gasteiger partial charge in [0.25, 0.3) is 5.91 Å². The Bertz CT molecular complexity index is 1350. The highest BCUT2D eigenvalue weighted by atomic mass is 32.1. The van der Waals surface area contributed by atoms with E-state index in [0.717, 1.165) is 11.1 Å². The molecule has 4 aromatic rings. The number of rotatable bonds is 7. The fourth-order valence-electron chi connectivity index (χ4n) is 3.03. The summed E-state index contributed by atoms with van der Waals surface area (Å²) >= 11 is 2.61. The van der Waals surface area contributed by atoms with Gasteiger partial charge in [0, 0.05) is 30.1 Å². The average Bonchev–Trinajstić information content (AvgIpc) is 3.46. The highest BCUT2D eigenvalue weighted by Gasteiger charge is 2.17. The van der Waals surface area contributed by atoms with Crippen molar-refractivity contribution in [3.63, 3.8) is 0 Å². The van der Waals surface area contributed by atoms with E-state index < -0.39 is 11.7 Å². The van der Waals surface area contributed by atoms with Crippen LogP contribution < -0.4 is 21.7 Å². The van der Waals surface area contributed by atoms with Crippen LogP contribution in [-0.2, 0) is 16.0 Å². The number of amides is 3. The van der Waals surface area contributed by atoms with Gasteiger partial charge in [-0.2, -0.15) is 0 Å². The van der Waals surface area contributed by atoms with E-state index in [9.17, 15) is 14.4 Å². The molecule has 0 saturated heterocycles. The third-order valence-corrected chi connectivity index (χ3v) is 6.66. The first kappa shape index (κ1) is 23.1. The molecule has 0 atom stereocenters. The number of Topliss-reactive ketones (excluding diaryl/α,β-unsaturated/α-hetero) is 1. The van der Waals surface area contributed by atoms with Crippen LogP contribution in [0.5, 0.6) is 0 Å². The lowest BCUT2D eigenvalue weighted by Crippen LogP contribution is -2.24. The molecule has 0 unspecified atom stereocenters. The van der Waals surface area contributed by atoms with Crippen molar-refractivity contribution in [2.24, 2.45) is 0 Å². The minimum Gasteiger partial charge on any atom is -0.382 e. The summed E-state index contributed by atoms with van der Waals surface area (Å²) in [6.45, 7) is 0. The van der Waals surface area contributed by atoms with Gasteiger partial charge in [0.15, 0.2) is 5.13 Å². The maximum absolute atomic E-state index is 12.4. The van der Waals surface area contributed by atoms with E-state index in [2.05, 4.69) is 25.9 Å². The number of ketones is 1. The van der Waals surface area contributed by atoms with Gasteiger partial charge >= 0.3 is 6.03 Å². The Balaban J connectivity index is 1.47. The fourth-order valence-corrected chi connectivity index (χ4v) is 4.84. The number of carbonyl (C=O) groups excluding carboxylic acids is 3. The number of carbonyl (C=O) groups is 3. The first-order valence-corrected chi connectivity index (χ1v) is 11.8. The zero-order chi connectivity index (χ0) is 24.1. The summed E-state index contributed by atoms with van der Waals surface area (Å²) in [5.41, 5.74) is 8.74. The number of nitrogens with one attached hydrogen (secondary N) is 3. The van der Waals surface area contributed by atoms with Gasteiger partial charge < -0.3 is 16.4 Å². The lowest BCUT2D eigenvalue weighted by Gasteiger charge is -2.06. The van der Waals surface area contributed by atoms with Crippen molar-refractivity contribution < 1.29 is 14.4 Å². The van der Waals surface area contributed by atoms with Crippen molar-refractivity contribution >= 4 is 57.0 Å². The highest BCUT2D eigenvalue weighted by molar-refractivity contribution is 7.23.